The second-order valence-corrected chi connectivity index (χ2v) is 7.88. The van der Waals surface area contributed by atoms with Gasteiger partial charge in [0.1, 0.15) is 11.5 Å². The monoisotopic (exact) mass is 438 g/mol. The van der Waals surface area contributed by atoms with Crippen molar-refractivity contribution in [2.75, 3.05) is 26.9 Å². The van der Waals surface area contributed by atoms with Crippen LogP contribution in [0.4, 0.5) is 0 Å². The fraction of sp³-hybridized carbons (Fsp3) is 0.458. The number of carbonyl (C=O) groups is 1. The fourth-order valence-electron chi connectivity index (χ4n) is 4.02. The molecule has 0 bridgehead atoms. The molecule has 0 unspecified atom stereocenters. The molecule has 0 radical (unpaired) electrons. The summed E-state index contributed by atoms with van der Waals surface area (Å²) in [5.41, 5.74) is 4.00. The Kier molecular flexibility index (Phi) is 6.90. The Hall–Kier alpha value is -3.13. The topological polar surface area (TPSA) is 82.6 Å². The highest BCUT2D eigenvalue weighted by Crippen LogP contribution is 2.30. The average Bonchev–Trinajstić information content (AvgIpc) is 3.41. The molecule has 1 aromatic carbocycles. The van der Waals surface area contributed by atoms with Crippen molar-refractivity contribution in [1.82, 2.24) is 19.7 Å². The fourth-order valence-corrected chi connectivity index (χ4v) is 4.02. The normalized spacial score (nSPS) is 13.3. The lowest BCUT2D eigenvalue weighted by Crippen LogP contribution is -2.36. The maximum Gasteiger partial charge on any atom is 0.247 e. The van der Waals surface area contributed by atoms with Crippen LogP contribution in [0.15, 0.2) is 34.9 Å². The van der Waals surface area contributed by atoms with Crippen molar-refractivity contribution in [3.05, 3.63) is 53.0 Å². The van der Waals surface area contributed by atoms with Crippen molar-refractivity contribution in [1.29, 1.82) is 0 Å². The second-order valence-electron chi connectivity index (χ2n) is 7.88. The Labute approximate surface area is 188 Å². The summed E-state index contributed by atoms with van der Waals surface area (Å²) in [7, 11) is 1.65. The van der Waals surface area contributed by atoms with E-state index in [9.17, 15) is 4.79 Å². The number of amides is 1. The number of methoxy groups -OCH3 is 1. The Bertz CT molecular complexity index is 1050. The molecule has 0 spiro atoms. The molecule has 0 aliphatic carbocycles. The molecule has 2 aromatic heterocycles. The molecule has 8 heteroatoms. The number of nitrogens with zero attached hydrogens (tertiary/aromatic N) is 4. The number of benzene rings is 1. The van der Waals surface area contributed by atoms with Gasteiger partial charge in [0.15, 0.2) is 5.69 Å². The molecule has 0 N–H and O–H groups in total. The second kappa shape index (κ2) is 9.99. The number of ether oxygens (including phenoxy) is 2. The number of hydrogen-bond acceptors (Lipinski definition) is 6. The number of aryl methyl sites for hydroxylation is 2. The Morgan fingerprint density at radius 3 is 2.75 bits per heavy atom. The standard InChI is InChI=1S/C24H30N4O4/c1-4-31-14-13-28-21-11-12-27(16-20(21)23(26-28)24-25-15-17(2)32-24)22(29)10-7-18-5-8-19(30-3)9-6-18/h5-6,8-9,15H,4,7,10-14,16H2,1-3H3. The first-order chi connectivity index (χ1) is 15.6. The van der Waals surface area contributed by atoms with Gasteiger partial charge in [-0.1, -0.05) is 12.1 Å². The smallest absolute Gasteiger partial charge is 0.247 e. The molecule has 0 saturated carbocycles. The lowest BCUT2D eigenvalue weighted by Gasteiger charge is -2.28. The number of rotatable bonds is 9. The molecular weight excluding hydrogens is 408 g/mol. The van der Waals surface area contributed by atoms with E-state index in [1.807, 2.05) is 47.7 Å². The number of oxazole rings is 1. The van der Waals surface area contributed by atoms with Crippen LogP contribution in [0.2, 0.25) is 0 Å². The molecule has 0 fully saturated rings. The molecule has 0 saturated heterocycles. The molecule has 1 aliphatic heterocycles. The summed E-state index contributed by atoms with van der Waals surface area (Å²) in [4.78, 5) is 19.3. The zero-order valence-electron chi connectivity index (χ0n) is 19.0. The minimum Gasteiger partial charge on any atom is -0.497 e. The SMILES string of the molecule is CCOCCn1nc(-c2ncc(C)o2)c2c1CCN(C(=O)CCc1ccc(OC)cc1)C2. The van der Waals surface area contributed by atoms with Crippen LogP contribution in [-0.4, -0.2) is 52.4 Å². The average molecular weight is 439 g/mol. The molecule has 3 heterocycles. The number of fused-ring (bicyclic) bond motifs is 1. The summed E-state index contributed by atoms with van der Waals surface area (Å²) in [6.45, 7) is 6.98. The van der Waals surface area contributed by atoms with E-state index in [4.69, 9.17) is 19.0 Å². The van der Waals surface area contributed by atoms with E-state index in [0.29, 0.717) is 51.6 Å². The van der Waals surface area contributed by atoms with Gasteiger partial charge in [-0.3, -0.25) is 9.48 Å². The largest absolute Gasteiger partial charge is 0.497 e. The van der Waals surface area contributed by atoms with Crippen LogP contribution in [0.1, 0.15) is 35.9 Å². The molecule has 1 aliphatic rings. The van der Waals surface area contributed by atoms with Gasteiger partial charge in [0, 0.05) is 43.8 Å². The highest BCUT2D eigenvalue weighted by atomic mass is 16.5. The minimum absolute atomic E-state index is 0.142. The molecule has 32 heavy (non-hydrogen) atoms. The lowest BCUT2D eigenvalue weighted by atomic mass is 10.0. The van der Waals surface area contributed by atoms with Gasteiger partial charge in [-0.15, -0.1) is 0 Å². The lowest BCUT2D eigenvalue weighted by molar-refractivity contribution is -0.132. The van der Waals surface area contributed by atoms with E-state index in [-0.39, 0.29) is 5.91 Å². The van der Waals surface area contributed by atoms with Crippen molar-refractivity contribution in [3.8, 4) is 17.3 Å². The predicted octanol–water partition coefficient (Wildman–Crippen LogP) is 3.41. The third-order valence-corrected chi connectivity index (χ3v) is 5.75. The number of carbonyl (C=O) groups excluding carboxylic acids is 1. The molecule has 170 valence electrons. The third-order valence-electron chi connectivity index (χ3n) is 5.75. The van der Waals surface area contributed by atoms with Gasteiger partial charge < -0.3 is 18.8 Å². The summed E-state index contributed by atoms with van der Waals surface area (Å²) in [5.74, 6) is 2.20. The molecule has 0 atom stereocenters. The van der Waals surface area contributed by atoms with Crippen LogP contribution in [0.25, 0.3) is 11.6 Å². The van der Waals surface area contributed by atoms with Gasteiger partial charge >= 0.3 is 0 Å². The van der Waals surface area contributed by atoms with Crippen molar-refractivity contribution in [2.45, 2.75) is 46.2 Å². The molecular formula is C24H30N4O4. The predicted molar refractivity (Wildman–Crippen MR) is 119 cm³/mol. The third kappa shape index (κ3) is 4.85. The van der Waals surface area contributed by atoms with Crippen LogP contribution in [-0.2, 0) is 35.5 Å². The Balaban J connectivity index is 1.48. The quantitative estimate of drug-likeness (QED) is 0.476. The van der Waals surface area contributed by atoms with E-state index in [0.717, 1.165) is 40.4 Å². The highest BCUT2D eigenvalue weighted by molar-refractivity contribution is 5.77. The van der Waals surface area contributed by atoms with Crippen molar-refractivity contribution in [2.24, 2.45) is 0 Å². The van der Waals surface area contributed by atoms with E-state index in [1.165, 1.54) is 0 Å². The first-order valence-electron chi connectivity index (χ1n) is 11.1. The van der Waals surface area contributed by atoms with Gasteiger partial charge in [0.25, 0.3) is 0 Å². The van der Waals surface area contributed by atoms with Crippen molar-refractivity contribution >= 4 is 5.91 Å². The van der Waals surface area contributed by atoms with Gasteiger partial charge in [0.2, 0.25) is 11.8 Å². The van der Waals surface area contributed by atoms with Gasteiger partial charge in [-0.05, 0) is 38.0 Å². The molecule has 8 nitrogen and oxygen atoms in total. The molecule has 4 rings (SSSR count). The van der Waals surface area contributed by atoms with E-state index < -0.39 is 0 Å². The Morgan fingerprint density at radius 2 is 2.06 bits per heavy atom. The zero-order valence-corrected chi connectivity index (χ0v) is 19.0. The zero-order chi connectivity index (χ0) is 22.5. The minimum atomic E-state index is 0.142. The van der Waals surface area contributed by atoms with Crippen molar-refractivity contribution in [3.63, 3.8) is 0 Å². The first-order valence-corrected chi connectivity index (χ1v) is 11.1. The summed E-state index contributed by atoms with van der Waals surface area (Å²) in [6.07, 6.45) is 3.61. The first kappa shape index (κ1) is 22.1. The van der Waals surface area contributed by atoms with Crippen LogP contribution >= 0.6 is 0 Å². The molecule has 1 amide bonds. The highest BCUT2D eigenvalue weighted by Gasteiger charge is 2.29. The van der Waals surface area contributed by atoms with Gasteiger partial charge in [-0.25, -0.2) is 4.98 Å². The number of hydrogen-bond donors (Lipinski definition) is 0. The summed E-state index contributed by atoms with van der Waals surface area (Å²) in [6, 6.07) is 7.86. The van der Waals surface area contributed by atoms with Gasteiger partial charge in [-0.2, -0.15) is 5.10 Å². The van der Waals surface area contributed by atoms with Crippen LogP contribution in [0, 0.1) is 6.92 Å². The Morgan fingerprint density at radius 1 is 1.25 bits per heavy atom. The van der Waals surface area contributed by atoms with E-state index in [2.05, 4.69) is 4.98 Å². The van der Waals surface area contributed by atoms with E-state index >= 15 is 0 Å². The molecule has 3 aromatic rings. The van der Waals surface area contributed by atoms with Crippen molar-refractivity contribution < 1.29 is 18.7 Å². The van der Waals surface area contributed by atoms with Crippen LogP contribution in [0.3, 0.4) is 0 Å². The summed E-state index contributed by atoms with van der Waals surface area (Å²) < 4.78 is 18.5. The van der Waals surface area contributed by atoms with Gasteiger partial charge in [0.05, 0.1) is 26.5 Å². The summed E-state index contributed by atoms with van der Waals surface area (Å²) in [5, 5.41) is 4.78. The maximum absolute atomic E-state index is 13.0. The summed E-state index contributed by atoms with van der Waals surface area (Å²) >= 11 is 0. The van der Waals surface area contributed by atoms with Crippen LogP contribution in [0.5, 0.6) is 5.75 Å². The number of aromatic nitrogens is 3. The maximum atomic E-state index is 13.0. The van der Waals surface area contributed by atoms with E-state index in [1.54, 1.807) is 13.3 Å². The van der Waals surface area contributed by atoms with Crippen LogP contribution < -0.4 is 4.74 Å².